The van der Waals surface area contributed by atoms with Crippen LogP contribution in [-0.2, 0) is 55.8 Å². The zero-order valence-corrected chi connectivity index (χ0v) is 76.4. The van der Waals surface area contributed by atoms with Crippen molar-refractivity contribution in [1.82, 2.24) is 0 Å². The summed E-state index contributed by atoms with van der Waals surface area (Å²) in [6.07, 6.45) is 114. The van der Waals surface area contributed by atoms with Gasteiger partial charge in [0.15, 0.2) is 6.10 Å². The van der Waals surface area contributed by atoms with E-state index in [0.29, 0.717) is 19.3 Å². The molecule has 0 aromatic heterocycles. The van der Waals surface area contributed by atoms with Crippen molar-refractivity contribution in [3.05, 3.63) is 134 Å². The maximum atomic E-state index is 13.0. The lowest BCUT2D eigenvalue weighted by molar-refractivity contribution is -0.161. The molecule has 0 aromatic carbocycles. The normalized spacial score (nSPS) is 14.4. The van der Waals surface area contributed by atoms with E-state index in [1.54, 1.807) is 0 Å². The second kappa shape index (κ2) is 90.9. The largest absolute Gasteiger partial charge is 0.472 e. The zero-order valence-electron chi connectivity index (χ0n) is 74.6. The number of carbonyl (C=O) groups excluding carboxylic acids is 3. The van der Waals surface area contributed by atoms with Crippen LogP contribution in [-0.4, -0.2) is 95.9 Å². The summed E-state index contributed by atoms with van der Waals surface area (Å²) in [5.41, 5.74) is 0. The Morgan fingerprint density at radius 2 is 0.453 bits per heavy atom. The van der Waals surface area contributed by atoms with Gasteiger partial charge in [0.1, 0.15) is 25.4 Å². The first-order valence-corrected chi connectivity index (χ1v) is 50.5. The monoisotopic (exact) mass is 1680 g/mol. The third-order valence-corrected chi connectivity index (χ3v) is 22.3. The quantitative estimate of drug-likeness (QED) is 0.0146. The maximum absolute atomic E-state index is 13.0. The van der Waals surface area contributed by atoms with Crippen molar-refractivity contribution in [2.24, 2.45) is 0 Å². The highest BCUT2D eigenvalue weighted by atomic mass is 31.2. The Morgan fingerprint density at radius 1 is 0.248 bits per heavy atom. The van der Waals surface area contributed by atoms with Crippen LogP contribution in [0.15, 0.2) is 134 Å². The van der Waals surface area contributed by atoms with E-state index in [1.165, 1.54) is 218 Å². The SMILES string of the molecule is CC/C=C\C/C=C\C/C=C\C/C=C\C/C=C\C/C=C\CCCCCCCCCCCCCCCCC(=O)OCC(COP(=O)(O)OCC(O)COP(=O)(O)OCC(O)COC(=O)CCCCCCCCCCCCCCCCCCCCC/C=C\C/C=C\C/C=C\C/C=C\C/C=C\CC)OC(=O)CCCCCCCCCCCCCCC. The molecule has 0 fully saturated rings. The molecule has 5 atom stereocenters. The summed E-state index contributed by atoms with van der Waals surface area (Å²) in [5, 5.41) is 20.7. The van der Waals surface area contributed by atoms with E-state index in [-0.39, 0.29) is 19.3 Å². The number of unbranched alkanes of at least 4 members (excludes halogenated alkanes) is 45. The Hall–Kier alpha value is -4.31. The lowest BCUT2D eigenvalue weighted by atomic mass is 10.0. The number of rotatable bonds is 90. The number of phosphoric ester groups is 2. The summed E-state index contributed by atoms with van der Waals surface area (Å²) in [5.74, 6) is -1.55. The van der Waals surface area contributed by atoms with Crippen LogP contribution < -0.4 is 0 Å². The second-order valence-electron chi connectivity index (χ2n) is 31.8. The molecule has 0 saturated carbocycles. The Balaban J connectivity index is 4.36. The number of allylic oxidation sites excluding steroid dienone is 22. The van der Waals surface area contributed by atoms with Crippen molar-refractivity contribution in [3.63, 3.8) is 0 Å². The molecule has 0 heterocycles. The van der Waals surface area contributed by atoms with E-state index in [2.05, 4.69) is 154 Å². The van der Waals surface area contributed by atoms with Gasteiger partial charge in [-0.25, -0.2) is 9.13 Å². The number of phosphoric acid groups is 2. The number of hydrogen-bond donors (Lipinski definition) is 4. The molecule has 676 valence electrons. The van der Waals surface area contributed by atoms with Gasteiger partial charge < -0.3 is 34.2 Å². The number of ether oxygens (including phenoxy) is 3. The molecular weight excluding hydrogens is 1510 g/mol. The van der Waals surface area contributed by atoms with E-state index < -0.39 is 91.5 Å². The van der Waals surface area contributed by atoms with Crippen molar-refractivity contribution in [2.45, 2.75) is 437 Å². The lowest BCUT2D eigenvalue weighted by Crippen LogP contribution is -2.30. The number of esters is 3. The number of carbonyl (C=O) groups is 3. The average Bonchev–Trinajstić information content (AvgIpc) is 0.898. The number of aliphatic hydroxyl groups is 2. The summed E-state index contributed by atoms with van der Waals surface area (Å²) >= 11 is 0. The van der Waals surface area contributed by atoms with Gasteiger partial charge in [0.05, 0.1) is 26.4 Å². The van der Waals surface area contributed by atoms with Gasteiger partial charge in [0.2, 0.25) is 0 Å². The fraction of sp³-hybridized carbons (Fsp3) is 0.747. The summed E-state index contributed by atoms with van der Waals surface area (Å²) in [4.78, 5) is 58.9. The molecule has 0 aliphatic heterocycles. The molecular formula is C99H174O16P2. The fourth-order valence-electron chi connectivity index (χ4n) is 13.3. The van der Waals surface area contributed by atoms with Crippen molar-refractivity contribution >= 4 is 33.6 Å². The van der Waals surface area contributed by atoms with E-state index in [4.69, 9.17) is 32.3 Å². The van der Waals surface area contributed by atoms with E-state index in [1.807, 2.05) is 0 Å². The number of aliphatic hydroxyl groups excluding tert-OH is 2. The van der Waals surface area contributed by atoms with Gasteiger partial charge in [-0.05, 0) is 116 Å². The summed E-state index contributed by atoms with van der Waals surface area (Å²) < 4.78 is 61.4. The molecule has 0 saturated heterocycles. The van der Waals surface area contributed by atoms with Crippen LogP contribution in [0.5, 0.6) is 0 Å². The van der Waals surface area contributed by atoms with E-state index in [0.717, 1.165) is 141 Å². The smallest absolute Gasteiger partial charge is 0.463 e. The molecule has 18 heteroatoms. The van der Waals surface area contributed by atoms with Crippen LogP contribution in [0.25, 0.3) is 0 Å². The summed E-state index contributed by atoms with van der Waals surface area (Å²) in [6.45, 7) is 2.53. The number of hydrogen-bond acceptors (Lipinski definition) is 14. The molecule has 16 nitrogen and oxygen atoms in total. The molecule has 5 unspecified atom stereocenters. The van der Waals surface area contributed by atoms with Gasteiger partial charge in [-0.15, -0.1) is 0 Å². The first kappa shape index (κ1) is 113. The van der Waals surface area contributed by atoms with Crippen LogP contribution in [0.2, 0.25) is 0 Å². The lowest BCUT2D eigenvalue weighted by Gasteiger charge is -2.21. The molecule has 0 spiro atoms. The Kier molecular flexibility index (Phi) is 87.6. The molecule has 0 radical (unpaired) electrons. The molecule has 4 N–H and O–H groups in total. The first-order valence-electron chi connectivity index (χ1n) is 47.5. The predicted molar refractivity (Wildman–Crippen MR) is 491 cm³/mol. The van der Waals surface area contributed by atoms with E-state index in [9.17, 15) is 43.5 Å². The van der Waals surface area contributed by atoms with Crippen LogP contribution >= 0.6 is 15.6 Å². The summed E-state index contributed by atoms with van der Waals surface area (Å²) in [6, 6.07) is 0. The molecule has 0 amide bonds. The van der Waals surface area contributed by atoms with Gasteiger partial charge in [0.25, 0.3) is 0 Å². The third kappa shape index (κ3) is 92.3. The molecule has 0 aromatic rings. The maximum Gasteiger partial charge on any atom is 0.472 e. The van der Waals surface area contributed by atoms with Gasteiger partial charge in [-0.3, -0.25) is 32.5 Å². The molecule has 117 heavy (non-hydrogen) atoms. The van der Waals surface area contributed by atoms with Gasteiger partial charge in [0, 0.05) is 19.3 Å². The Labute approximate surface area is 715 Å². The van der Waals surface area contributed by atoms with Crippen LogP contribution in [0.1, 0.15) is 419 Å². The minimum absolute atomic E-state index is 0.109. The minimum Gasteiger partial charge on any atom is -0.463 e. The highest BCUT2D eigenvalue weighted by Gasteiger charge is 2.30. The van der Waals surface area contributed by atoms with E-state index >= 15 is 0 Å². The molecule has 0 aliphatic carbocycles. The Bertz CT molecular complexity index is 2660. The van der Waals surface area contributed by atoms with Crippen molar-refractivity contribution in [3.8, 4) is 0 Å². The van der Waals surface area contributed by atoms with Crippen LogP contribution in [0, 0.1) is 0 Å². The Morgan fingerprint density at radius 3 is 0.718 bits per heavy atom. The highest BCUT2D eigenvalue weighted by Crippen LogP contribution is 2.45. The van der Waals surface area contributed by atoms with Crippen molar-refractivity contribution < 1.29 is 75.8 Å². The van der Waals surface area contributed by atoms with Crippen molar-refractivity contribution in [2.75, 3.05) is 39.6 Å². The van der Waals surface area contributed by atoms with Gasteiger partial charge in [-0.1, -0.05) is 418 Å². The zero-order chi connectivity index (χ0) is 85.1. The molecule has 0 rings (SSSR count). The standard InChI is InChI=1S/C99H174O16P2/c1-4-7-10-13-16-19-22-25-27-29-31-33-35-37-39-41-43-45-46-48-50-51-53-55-57-59-61-63-65-68-70-73-76-79-82-85-97(102)109-88-94(100)89-111-116(105,106)112-90-95(101)91-113-117(107,108)114-93-96(115-99(104)87-84-81-78-75-72-67-24-21-18-15-12-9-6-3)92-110-98(103)86-83-80-77-74-71-69-66-64-62-60-58-56-54-52-49-47-44-42-40-38-36-34-32-30-28-26-23-20-17-14-11-8-5-2/h7-8,10-11,16-17,19-20,25-28,31-34,37-40,44,47,94-96,100-101H,4-6,9,12-15,18,21-24,29-30,35-36,41-43,45-46,48-93H2,1-3H3,(H,105,106)(H,107,108)/b10-7-,11-8-,19-16-,20-17-,27-25-,28-26-,33-31-,34-32-,39-37-,40-38-,47-44-. The van der Waals surface area contributed by atoms with Gasteiger partial charge >= 0.3 is 33.6 Å². The second-order valence-corrected chi connectivity index (χ2v) is 34.7. The van der Waals surface area contributed by atoms with Gasteiger partial charge in [-0.2, -0.15) is 0 Å². The summed E-state index contributed by atoms with van der Waals surface area (Å²) in [7, 11) is -9.79. The predicted octanol–water partition coefficient (Wildman–Crippen LogP) is 29.3. The fourth-order valence-corrected chi connectivity index (χ4v) is 14.8. The molecule has 0 aliphatic rings. The average molecular weight is 1680 g/mol. The molecule has 0 bridgehead atoms. The van der Waals surface area contributed by atoms with Crippen LogP contribution in [0.3, 0.4) is 0 Å². The highest BCUT2D eigenvalue weighted by molar-refractivity contribution is 7.47. The topological polar surface area (TPSA) is 231 Å². The first-order chi connectivity index (χ1) is 57.2. The minimum atomic E-state index is -4.93. The van der Waals surface area contributed by atoms with Crippen molar-refractivity contribution in [1.29, 1.82) is 0 Å². The van der Waals surface area contributed by atoms with Crippen LogP contribution in [0.4, 0.5) is 0 Å². The third-order valence-electron chi connectivity index (χ3n) is 20.4.